The third-order valence-electron chi connectivity index (χ3n) is 4.81. The number of anilines is 2. The van der Waals surface area contributed by atoms with Crippen molar-refractivity contribution in [2.24, 2.45) is 0 Å². The second kappa shape index (κ2) is 10.4. The Bertz CT molecular complexity index is 717. The van der Waals surface area contributed by atoms with Crippen LogP contribution in [0.2, 0.25) is 0 Å². The number of sulfonamides is 1. The molecule has 0 aromatic heterocycles. The molecular formula is C20H34FN3O3S. The summed E-state index contributed by atoms with van der Waals surface area (Å²) in [6.07, 6.45) is 2.83. The van der Waals surface area contributed by atoms with Gasteiger partial charge in [-0.25, -0.2) is 17.5 Å². The number of ether oxygens (including phenoxy) is 1. The second-order valence-corrected chi connectivity index (χ2v) is 10.1. The van der Waals surface area contributed by atoms with Gasteiger partial charge >= 0.3 is 0 Å². The van der Waals surface area contributed by atoms with Gasteiger partial charge < -0.3 is 15.0 Å². The van der Waals surface area contributed by atoms with E-state index in [4.69, 9.17) is 4.74 Å². The van der Waals surface area contributed by atoms with E-state index >= 15 is 0 Å². The number of nitrogens with zero attached hydrogens (tertiary/aromatic N) is 1. The zero-order chi connectivity index (χ0) is 20.7. The first-order chi connectivity index (χ1) is 13.2. The summed E-state index contributed by atoms with van der Waals surface area (Å²) in [7, 11) is -3.18. The summed E-state index contributed by atoms with van der Waals surface area (Å²) in [6.45, 7) is 10.1. The average Bonchev–Trinajstić information content (AvgIpc) is 2.60. The van der Waals surface area contributed by atoms with Crippen LogP contribution in [0.25, 0.3) is 0 Å². The van der Waals surface area contributed by atoms with Crippen LogP contribution in [0.1, 0.15) is 47.0 Å². The smallest absolute Gasteiger partial charge is 0.213 e. The van der Waals surface area contributed by atoms with Crippen LogP contribution >= 0.6 is 0 Å². The van der Waals surface area contributed by atoms with Crippen molar-refractivity contribution in [3.05, 3.63) is 24.0 Å². The molecule has 6 nitrogen and oxygen atoms in total. The Morgan fingerprint density at radius 2 is 1.79 bits per heavy atom. The molecule has 1 saturated heterocycles. The monoisotopic (exact) mass is 415 g/mol. The molecule has 1 fully saturated rings. The lowest BCUT2D eigenvalue weighted by molar-refractivity contribution is -0.00519. The van der Waals surface area contributed by atoms with Crippen molar-refractivity contribution < 1.29 is 17.5 Å². The van der Waals surface area contributed by atoms with Gasteiger partial charge in [0.2, 0.25) is 10.0 Å². The van der Waals surface area contributed by atoms with Gasteiger partial charge in [-0.2, -0.15) is 0 Å². The van der Waals surface area contributed by atoms with Gasteiger partial charge in [0.15, 0.2) is 0 Å². The zero-order valence-corrected chi connectivity index (χ0v) is 18.2. The molecule has 8 heteroatoms. The Morgan fingerprint density at radius 3 is 2.43 bits per heavy atom. The largest absolute Gasteiger partial charge is 0.383 e. The highest BCUT2D eigenvalue weighted by molar-refractivity contribution is 7.90. The second-order valence-electron chi connectivity index (χ2n) is 7.80. The van der Waals surface area contributed by atoms with Crippen molar-refractivity contribution in [1.29, 1.82) is 0 Å². The lowest BCUT2D eigenvalue weighted by Crippen LogP contribution is -2.45. The van der Waals surface area contributed by atoms with Gasteiger partial charge in [-0.05, 0) is 58.7 Å². The van der Waals surface area contributed by atoms with E-state index in [1.54, 1.807) is 26.0 Å². The maximum Gasteiger partial charge on any atom is 0.213 e. The highest BCUT2D eigenvalue weighted by atomic mass is 32.2. The molecule has 1 aliphatic heterocycles. The molecule has 0 bridgehead atoms. The van der Waals surface area contributed by atoms with Crippen LogP contribution in [0.3, 0.4) is 0 Å². The van der Waals surface area contributed by atoms with Crippen LogP contribution < -0.4 is 14.9 Å². The third kappa shape index (κ3) is 6.90. The standard InChI is InChI=1S/C20H34FN3O3S/c1-15(2)28(25,26)23-11-7-5-6-10-22-19-9-8-18(21)12-20(19)24-13-16(3)27-17(4)14-24/h8-9,12,15-17,22-23H,5-7,10-11,13-14H2,1-4H3. The van der Waals surface area contributed by atoms with Crippen LogP contribution in [-0.2, 0) is 14.8 Å². The molecule has 28 heavy (non-hydrogen) atoms. The van der Waals surface area contributed by atoms with Crippen molar-refractivity contribution in [3.63, 3.8) is 0 Å². The molecule has 1 aromatic rings. The Hall–Kier alpha value is -1.38. The lowest BCUT2D eigenvalue weighted by atomic mass is 10.1. The molecule has 0 amide bonds. The minimum atomic E-state index is -3.18. The molecule has 1 aliphatic rings. The maximum atomic E-state index is 13.8. The summed E-state index contributed by atoms with van der Waals surface area (Å²) in [5, 5.41) is 3.00. The zero-order valence-electron chi connectivity index (χ0n) is 17.4. The van der Waals surface area contributed by atoms with Gasteiger partial charge in [-0.3, -0.25) is 0 Å². The molecule has 2 atom stereocenters. The van der Waals surface area contributed by atoms with E-state index in [1.807, 2.05) is 13.8 Å². The quantitative estimate of drug-likeness (QED) is 0.574. The maximum absolute atomic E-state index is 13.8. The van der Waals surface area contributed by atoms with Crippen molar-refractivity contribution >= 4 is 21.4 Å². The Labute approximate surface area is 168 Å². The van der Waals surface area contributed by atoms with Crippen molar-refractivity contribution in [3.8, 4) is 0 Å². The fourth-order valence-electron chi connectivity index (χ4n) is 3.32. The molecule has 160 valence electrons. The van der Waals surface area contributed by atoms with Gasteiger partial charge in [0, 0.05) is 26.2 Å². The fourth-order valence-corrected chi connectivity index (χ4v) is 4.08. The van der Waals surface area contributed by atoms with Gasteiger partial charge in [0.05, 0.1) is 28.8 Å². The molecule has 2 unspecified atom stereocenters. The van der Waals surface area contributed by atoms with E-state index in [-0.39, 0.29) is 18.0 Å². The number of nitrogens with one attached hydrogen (secondary N) is 2. The van der Waals surface area contributed by atoms with Gasteiger partial charge in [0.25, 0.3) is 0 Å². The van der Waals surface area contributed by atoms with Crippen LogP contribution in [0.15, 0.2) is 18.2 Å². The number of halogens is 1. The summed E-state index contributed by atoms with van der Waals surface area (Å²) in [4.78, 5) is 2.17. The molecule has 1 heterocycles. The fraction of sp³-hybridized carbons (Fsp3) is 0.700. The molecule has 0 saturated carbocycles. The first-order valence-corrected chi connectivity index (χ1v) is 11.7. The highest BCUT2D eigenvalue weighted by Gasteiger charge is 2.24. The van der Waals surface area contributed by atoms with Crippen molar-refractivity contribution in [1.82, 2.24) is 4.72 Å². The average molecular weight is 416 g/mol. The predicted molar refractivity (Wildman–Crippen MR) is 113 cm³/mol. The van der Waals surface area contributed by atoms with E-state index in [0.29, 0.717) is 6.54 Å². The van der Waals surface area contributed by atoms with Crippen molar-refractivity contribution in [2.75, 3.05) is 36.4 Å². The minimum Gasteiger partial charge on any atom is -0.383 e. The van der Waals surface area contributed by atoms with E-state index in [0.717, 1.165) is 50.3 Å². The number of benzene rings is 1. The number of rotatable bonds is 10. The Kier molecular flexibility index (Phi) is 8.52. The summed E-state index contributed by atoms with van der Waals surface area (Å²) >= 11 is 0. The topological polar surface area (TPSA) is 70.7 Å². The summed E-state index contributed by atoms with van der Waals surface area (Å²) in [6, 6.07) is 4.83. The number of unbranched alkanes of at least 4 members (excludes halogenated alkanes) is 2. The molecular weight excluding hydrogens is 381 g/mol. The van der Waals surface area contributed by atoms with Crippen LogP contribution in [-0.4, -0.2) is 52.1 Å². The molecule has 0 radical (unpaired) electrons. The molecule has 1 aromatic carbocycles. The summed E-state index contributed by atoms with van der Waals surface area (Å²) < 4.78 is 45.6. The highest BCUT2D eigenvalue weighted by Crippen LogP contribution is 2.29. The SMILES string of the molecule is CC1CN(c2cc(F)ccc2NCCCCCNS(=O)(=O)C(C)C)CC(C)O1. The molecule has 0 aliphatic carbocycles. The minimum absolute atomic E-state index is 0.106. The van der Waals surface area contributed by atoms with Gasteiger partial charge in [-0.15, -0.1) is 0 Å². The molecule has 0 spiro atoms. The normalized spacial score (nSPS) is 20.6. The molecule has 2 rings (SSSR count). The van der Waals surface area contributed by atoms with Crippen LogP contribution in [0.4, 0.5) is 15.8 Å². The van der Waals surface area contributed by atoms with E-state index in [2.05, 4.69) is 14.9 Å². The molecule has 2 N–H and O–H groups in total. The predicted octanol–water partition coefficient (Wildman–Crippen LogP) is 3.35. The number of hydrogen-bond acceptors (Lipinski definition) is 5. The van der Waals surface area contributed by atoms with Gasteiger partial charge in [0.1, 0.15) is 5.82 Å². The third-order valence-corrected chi connectivity index (χ3v) is 6.66. The van der Waals surface area contributed by atoms with Crippen molar-refractivity contribution in [2.45, 2.75) is 64.4 Å². The first-order valence-electron chi connectivity index (χ1n) is 10.1. The Balaban J connectivity index is 1.81. The number of hydrogen-bond donors (Lipinski definition) is 2. The first kappa shape index (κ1) is 22.9. The van der Waals surface area contributed by atoms with E-state index < -0.39 is 15.3 Å². The lowest BCUT2D eigenvalue weighted by Gasteiger charge is -2.37. The van der Waals surface area contributed by atoms with Crippen LogP contribution in [0, 0.1) is 5.82 Å². The van der Waals surface area contributed by atoms with Crippen LogP contribution in [0.5, 0.6) is 0 Å². The summed E-state index contributed by atoms with van der Waals surface area (Å²) in [5.74, 6) is -0.246. The summed E-state index contributed by atoms with van der Waals surface area (Å²) in [5.41, 5.74) is 1.79. The van der Waals surface area contributed by atoms with E-state index in [1.165, 1.54) is 6.07 Å². The van der Waals surface area contributed by atoms with Gasteiger partial charge in [-0.1, -0.05) is 6.42 Å². The Morgan fingerprint density at radius 1 is 1.14 bits per heavy atom. The number of morpholine rings is 1. The van der Waals surface area contributed by atoms with E-state index in [9.17, 15) is 12.8 Å².